The first kappa shape index (κ1) is 20.4. The van der Waals surface area contributed by atoms with Crippen LogP contribution in [0.5, 0.6) is 5.75 Å². The van der Waals surface area contributed by atoms with Crippen LogP contribution in [0.25, 0.3) is 0 Å². The van der Waals surface area contributed by atoms with E-state index in [1.165, 1.54) is 18.2 Å². The van der Waals surface area contributed by atoms with Gasteiger partial charge in [0.1, 0.15) is 18.1 Å². The van der Waals surface area contributed by atoms with E-state index in [4.69, 9.17) is 4.74 Å². The summed E-state index contributed by atoms with van der Waals surface area (Å²) in [5.74, 6) is -0.827. The molecule has 2 rings (SSSR count). The number of anilines is 1. The van der Waals surface area contributed by atoms with Gasteiger partial charge >= 0.3 is 0 Å². The van der Waals surface area contributed by atoms with Crippen molar-refractivity contribution in [2.45, 2.75) is 6.92 Å². The van der Waals surface area contributed by atoms with Gasteiger partial charge in [0.05, 0.1) is 24.8 Å². The first-order chi connectivity index (χ1) is 12.8. The molecule has 1 N–H and O–H groups in total. The van der Waals surface area contributed by atoms with Crippen LogP contribution in [-0.2, 0) is 14.8 Å². The number of para-hydroxylation sites is 2. The van der Waals surface area contributed by atoms with Gasteiger partial charge in [-0.1, -0.05) is 30.3 Å². The van der Waals surface area contributed by atoms with Crippen molar-refractivity contribution < 1.29 is 22.3 Å². The highest BCUT2D eigenvalue weighted by Crippen LogP contribution is 2.29. The maximum absolute atomic E-state index is 13.5. The van der Waals surface area contributed by atoms with Crippen LogP contribution in [-0.4, -0.2) is 39.9 Å². The average Bonchev–Trinajstić information content (AvgIpc) is 2.61. The van der Waals surface area contributed by atoms with Gasteiger partial charge in [-0.15, -0.1) is 0 Å². The van der Waals surface area contributed by atoms with Crippen molar-refractivity contribution in [3.05, 3.63) is 59.9 Å². The summed E-state index contributed by atoms with van der Waals surface area (Å²) in [4.78, 5) is 12.2. The van der Waals surface area contributed by atoms with E-state index in [-0.39, 0.29) is 11.3 Å². The molecule has 0 saturated carbocycles. The van der Waals surface area contributed by atoms with Crippen molar-refractivity contribution in [2.75, 3.05) is 23.7 Å². The van der Waals surface area contributed by atoms with Gasteiger partial charge in [-0.2, -0.15) is 5.10 Å². The molecule has 0 radical (unpaired) electrons. The number of halogens is 1. The fraction of sp³-hybridized carbons (Fsp3) is 0.222. The lowest BCUT2D eigenvalue weighted by molar-refractivity contribution is -0.119. The second kappa shape index (κ2) is 9.13. The predicted octanol–water partition coefficient (Wildman–Crippen LogP) is 2.14. The van der Waals surface area contributed by atoms with Gasteiger partial charge in [0.15, 0.2) is 0 Å². The highest BCUT2D eigenvalue weighted by molar-refractivity contribution is 7.92. The van der Waals surface area contributed by atoms with Crippen LogP contribution in [0.4, 0.5) is 10.1 Å². The number of benzene rings is 2. The van der Waals surface area contributed by atoms with Gasteiger partial charge in [0.25, 0.3) is 5.91 Å². The molecule has 1 amide bonds. The van der Waals surface area contributed by atoms with Gasteiger partial charge < -0.3 is 4.74 Å². The Morgan fingerprint density at radius 1 is 1.22 bits per heavy atom. The van der Waals surface area contributed by atoms with Crippen molar-refractivity contribution in [1.29, 1.82) is 0 Å². The van der Waals surface area contributed by atoms with Crippen LogP contribution in [0, 0.1) is 5.82 Å². The lowest BCUT2D eigenvalue weighted by Crippen LogP contribution is -2.39. The van der Waals surface area contributed by atoms with E-state index in [0.717, 1.165) is 16.8 Å². The molecule has 0 aliphatic rings. The van der Waals surface area contributed by atoms with Gasteiger partial charge in [-0.25, -0.2) is 18.2 Å². The lowest BCUT2D eigenvalue weighted by atomic mass is 10.2. The molecule has 0 saturated heterocycles. The van der Waals surface area contributed by atoms with Crippen molar-refractivity contribution >= 4 is 27.8 Å². The highest BCUT2D eigenvalue weighted by Gasteiger charge is 2.23. The predicted molar refractivity (Wildman–Crippen MR) is 102 cm³/mol. The number of carbonyl (C=O) groups excluding carboxylic acids is 1. The van der Waals surface area contributed by atoms with Crippen LogP contribution in [0.15, 0.2) is 53.6 Å². The zero-order chi connectivity index (χ0) is 19.9. The van der Waals surface area contributed by atoms with Crippen molar-refractivity contribution in [2.24, 2.45) is 5.10 Å². The molecular weight excluding hydrogens is 373 g/mol. The highest BCUT2D eigenvalue weighted by atomic mass is 32.2. The summed E-state index contributed by atoms with van der Waals surface area (Å²) in [5, 5.41) is 3.67. The van der Waals surface area contributed by atoms with E-state index in [1.54, 1.807) is 37.3 Å². The van der Waals surface area contributed by atoms with E-state index in [1.807, 2.05) is 0 Å². The van der Waals surface area contributed by atoms with Gasteiger partial charge in [-0.05, 0) is 25.1 Å². The van der Waals surface area contributed by atoms with Crippen molar-refractivity contribution in [3.63, 3.8) is 0 Å². The Balaban J connectivity index is 2.15. The van der Waals surface area contributed by atoms with E-state index >= 15 is 0 Å². The molecule has 0 aliphatic heterocycles. The number of ether oxygens (including phenoxy) is 1. The van der Waals surface area contributed by atoms with Crippen LogP contribution in [0.3, 0.4) is 0 Å². The molecule has 2 aromatic rings. The molecule has 0 bridgehead atoms. The quantitative estimate of drug-likeness (QED) is 0.550. The Morgan fingerprint density at radius 3 is 2.56 bits per heavy atom. The number of sulfonamides is 1. The largest absolute Gasteiger partial charge is 0.492 e. The molecule has 9 heteroatoms. The monoisotopic (exact) mass is 393 g/mol. The molecule has 0 spiro atoms. The summed E-state index contributed by atoms with van der Waals surface area (Å²) in [5.41, 5.74) is 2.64. The van der Waals surface area contributed by atoms with Gasteiger partial charge in [0.2, 0.25) is 10.0 Å². The van der Waals surface area contributed by atoms with Crippen LogP contribution >= 0.6 is 0 Å². The number of carbonyl (C=O) groups is 1. The number of nitrogens with one attached hydrogen (secondary N) is 1. The second-order valence-electron chi connectivity index (χ2n) is 5.49. The third-order valence-electron chi connectivity index (χ3n) is 3.42. The van der Waals surface area contributed by atoms with E-state index in [9.17, 15) is 17.6 Å². The maximum Gasteiger partial charge on any atom is 0.260 e. The zero-order valence-corrected chi connectivity index (χ0v) is 15.7. The molecule has 0 unspecified atom stereocenters. The number of hydrazone groups is 1. The maximum atomic E-state index is 13.5. The average molecular weight is 393 g/mol. The summed E-state index contributed by atoms with van der Waals surface area (Å²) in [6.45, 7) is 1.61. The van der Waals surface area contributed by atoms with Gasteiger partial charge in [0, 0.05) is 5.56 Å². The number of hydrogen-bond acceptors (Lipinski definition) is 5. The first-order valence-electron chi connectivity index (χ1n) is 8.09. The summed E-state index contributed by atoms with van der Waals surface area (Å²) < 4.78 is 44.2. The minimum Gasteiger partial charge on any atom is -0.492 e. The molecule has 0 atom stereocenters. The fourth-order valence-corrected chi connectivity index (χ4v) is 3.10. The van der Waals surface area contributed by atoms with E-state index in [0.29, 0.717) is 12.4 Å². The van der Waals surface area contributed by atoms with E-state index < -0.39 is 28.3 Å². The Labute approximate surface area is 157 Å². The number of nitrogens with zero attached hydrogens (tertiary/aromatic N) is 2. The molecule has 144 valence electrons. The van der Waals surface area contributed by atoms with Crippen LogP contribution in [0.1, 0.15) is 12.5 Å². The second-order valence-corrected chi connectivity index (χ2v) is 7.39. The number of amides is 1. The summed E-state index contributed by atoms with van der Waals surface area (Å²) in [6, 6.07) is 12.4. The standard InChI is InChI=1S/C18H20FN3O4S/c1-3-26-17-11-7-6-10-16(17)22(27(2,24)25)13-18(23)21-20-12-14-8-4-5-9-15(14)19/h4-12H,3,13H2,1-2H3,(H,21,23)/b20-12-. The zero-order valence-electron chi connectivity index (χ0n) is 14.9. The minimum atomic E-state index is -3.76. The Bertz CT molecular complexity index is 932. The molecule has 0 aromatic heterocycles. The molecule has 2 aromatic carbocycles. The van der Waals surface area contributed by atoms with Crippen LogP contribution < -0.4 is 14.5 Å². The molecule has 0 fully saturated rings. The first-order valence-corrected chi connectivity index (χ1v) is 9.93. The molecule has 27 heavy (non-hydrogen) atoms. The SMILES string of the molecule is CCOc1ccccc1N(CC(=O)N/N=C\c1ccccc1F)S(C)(=O)=O. The summed E-state index contributed by atoms with van der Waals surface area (Å²) in [7, 11) is -3.76. The summed E-state index contributed by atoms with van der Waals surface area (Å²) >= 11 is 0. The number of rotatable bonds is 8. The Hall–Kier alpha value is -2.94. The van der Waals surface area contributed by atoms with Crippen LogP contribution in [0.2, 0.25) is 0 Å². The minimum absolute atomic E-state index is 0.194. The normalized spacial score (nSPS) is 11.4. The van der Waals surface area contributed by atoms with Gasteiger partial charge in [-0.3, -0.25) is 9.10 Å². The Morgan fingerprint density at radius 2 is 1.89 bits per heavy atom. The molecule has 0 heterocycles. The van der Waals surface area contributed by atoms with E-state index in [2.05, 4.69) is 10.5 Å². The lowest BCUT2D eigenvalue weighted by Gasteiger charge is -2.23. The summed E-state index contributed by atoms with van der Waals surface area (Å²) in [6.07, 6.45) is 2.14. The number of hydrogen-bond donors (Lipinski definition) is 1. The topological polar surface area (TPSA) is 88.1 Å². The third-order valence-corrected chi connectivity index (χ3v) is 4.55. The van der Waals surface area contributed by atoms with Crippen molar-refractivity contribution in [1.82, 2.24) is 5.43 Å². The molecular formula is C18H20FN3O4S. The fourth-order valence-electron chi connectivity index (χ4n) is 2.24. The Kier molecular flexibility index (Phi) is 6.89. The smallest absolute Gasteiger partial charge is 0.260 e. The van der Waals surface area contributed by atoms with Crippen molar-refractivity contribution in [3.8, 4) is 5.75 Å². The molecule has 0 aliphatic carbocycles. The third kappa shape index (κ3) is 5.78. The molecule has 7 nitrogen and oxygen atoms in total.